The van der Waals surface area contributed by atoms with Crippen LogP contribution in [0.25, 0.3) is 21.7 Å². The number of likely N-dealkylation sites (tertiary alicyclic amines) is 1. The predicted molar refractivity (Wildman–Crippen MR) is 305 cm³/mol. The number of fused-ring (bicyclic) bond motifs is 2. The highest BCUT2D eigenvalue weighted by atomic mass is 32.1. The molecule has 2 unspecified atom stereocenters. The van der Waals surface area contributed by atoms with E-state index in [0.29, 0.717) is 42.0 Å². The number of nitrogen functional groups attached to an aromatic ring is 1. The molecular weight excluding hydrogens is 1000 g/mol. The first-order valence-electron chi connectivity index (χ1n) is 28.1. The zero-order valence-electron chi connectivity index (χ0n) is 45.9. The zero-order chi connectivity index (χ0) is 54.9. The van der Waals surface area contributed by atoms with E-state index in [1.807, 2.05) is 80.6 Å². The molecular formula is C60H79N11O6S. The van der Waals surface area contributed by atoms with Gasteiger partial charge in [-0.05, 0) is 78.5 Å². The second kappa shape index (κ2) is 25.5. The number of phenolic OH excluding ortho intramolecular Hbond substituents is 1. The molecule has 6 N–H and O–H groups in total. The fraction of sp³-hybridized carbons (Fsp3) is 0.517. The number of phenols is 1. The Hall–Kier alpha value is -6.47. The van der Waals surface area contributed by atoms with E-state index in [-0.39, 0.29) is 55.3 Å². The average molecular weight is 1080 g/mol. The van der Waals surface area contributed by atoms with Crippen molar-refractivity contribution in [1.82, 2.24) is 45.4 Å². The molecule has 4 aliphatic rings. The van der Waals surface area contributed by atoms with Crippen LogP contribution >= 0.6 is 11.3 Å². The standard InChI is InChI=1S/C60H79N11O6S/c1-40-55(78-39-63-40)44-22-20-41(21-23-44)33-62-58(76)51-31-47(72)38-71(51)59(77)56(60(2,3)4)64-53(74)18-9-7-5-6-8-10-19-54(75)68-28-26-67(27-29-68)34-42-14-13-15-43(30-42)35-70-45-24-25-46(70)37-69(36-45)50-32-49(65-66-57(50)61)48-16-11-12-17-52(48)73/h11-17,20-23,30,32,39,45-47,51,56,72-73H,5-10,18-19,24-29,31,33-38H2,1-4H3,(H2,61,66)(H,62,76)(H,64,74)/t45?,46?,47-,51+,56-/m1/s1. The third-order valence-corrected chi connectivity index (χ3v) is 17.2. The molecule has 0 saturated carbocycles. The summed E-state index contributed by atoms with van der Waals surface area (Å²) in [6, 6.07) is 25.1. The average Bonchev–Trinajstić information content (AvgIpc) is 4.12. The second-order valence-corrected chi connectivity index (χ2v) is 23.9. The fourth-order valence-corrected chi connectivity index (χ4v) is 12.6. The molecule has 18 heteroatoms. The number of nitrogens with zero attached hydrogens (tertiary/aromatic N) is 8. The summed E-state index contributed by atoms with van der Waals surface area (Å²) in [5.41, 5.74) is 15.3. The normalized spacial score (nSPS) is 20.2. The summed E-state index contributed by atoms with van der Waals surface area (Å²) in [6.07, 6.45) is 7.72. The molecule has 5 atom stereocenters. The van der Waals surface area contributed by atoms with Crippen LogP contribution in [0.4, 0.5) is 11.5 Å². The van der Waals surface area contributed by atoms with E-state index in [0.717, 1.165) is 125 Å². The van der Waals surface area contributed by atoms with Crippen molar-refractivity contribution in [3.05, 3.63) is 107 Å². The maximum atomic E-state index is 14.1. The van der Waals surface area contributed by atoms with Crippen LogP contribution in [0.15, 0.2) is 84.4 Å². The summed E-state index contributed by atoms with van der Waals surface area (Å²) in [6.45, 7) is 14.6. The van der Waals surface area contributed by atoms with E-state index in [1.165, 1.54) is 16.0 Å². The minimum Gasteiger partial charge on any atom is -0.507 e. The number of β-amino-alcohol motifs (C(OH)–C–C–N with tert-alkyl or cyclic N) is 1. The fourth-order valence-electron chi connectivity index (χ4n) is 11.8. The lowest BCUT2D eigenvalue weighted by molar-refractivity contribution is -0.144. The van der Waals surface area contributed by atoms with E-state index in [2.05, 4.69) is 64.8 Å². The maximum Gasteiger partial charge on any atom is 0.246 e. The molecule has 5 aromatic rings. The lowest BCUT2D eigenvalue weighted by atomic mass is 9.85. The summed E-state index contributed by atoms with van der Waals surface area (Å²) < 4.78 is 0. The quantitative estimate of drug-likeness (QED) is 0.0458. The number of anilines is 2. The van der Waals surface area contributed by atoms with Crippen LogP contribution < -0.4 is 21.3 Å². The molecule has 416 valence electrons. The summed E-state index contributed by atoms with van der Waals surface area (Å²) in [4.78, 5) is 70.4. The Bertz CT molecular complexity index is 2850. The van der Waals surface area contributed by atoms with Crippen molar-refractivity contribution in [2.45, 2.75) is 148 Å². The van der Waals surface area contributed by atoms with Gasteiger partial charge in [0.05, 0.1) is 33.6 Å². The predicted octanol–water partition coefficient (Wildman–Crippen LogP) is 7.29. The number of carbonyl (C=O) groups excluding carboxylic acids is 4. The number of benzene rings is 3. The number of aromatic nitrogens is 3. The number of para-hydroxylation sites is 1. The topological polar surface area (TPSA) is 214 Å². The van der Waals surface area contributed by atoms with Gasteiger partial charge in [-0.2, -0.15) is 0 Å². The molecule has 4 aliphatic heterocycles. The van der Waals surface area contributed by atoms with E-state index in [1.54, 1.807) is 23.5 Å². The van der Waals surface area contributed by atoms with Gasteiger partial charge in [-0.25, -0.2) is 4.98 Å². The SMILES string of the molecule is Cc1ncsc1-c1ccc(CNC(=O)[C@@H]2C[C@@H](O)CN2C(=O)[C@@H](NC(=O)CCCCCCCCC(=O)N2CCN(Cc3cccc(CN4C5CCC4CN(c4cc(-c6ccccc6O)nnc4N)C5)c3)CC2)C(C)(C)C)cc1. The van der Waals surface area contributed by atoms with Crippen molar-refractivity contribution in [2.75, 3.05) is 56.4 Å². The second-order valence-electron chi connectivity index (χ2n) is 23.0. The van der Waals surface area contributed by atoms with Crippen LogP contribution in [0.5, 0.6) is 5.75 Å². The van der Waals surface area contributed by atoms with Gasteiger partial charge in [0.1, 0.15) is 17.8 Å². The number of nitrogens with two attached hydrogens (primary N) is 1. The van der Waals surface area contributed by atoms with Gasteiger partial charge >= 0.3 is 0 Å². The van der Waals surface area contributed by atoms with Gasteiger partial charge < -0.3 is 41.3 Å². The first-order valence-corrected chi connectivity index (χ1v) is 29.0. The van der Waals surface area contributed by atoms with Crippen molar-refractivity contribution in [1.29, 1.82) is 0 Å². The Labute approximate surface area is 463 Å². The van der Waals surface area contributed by atoms with E-state index in [9.17, 15) is 29.4 Å². The minimum atomic E-state index is -0.861. The number of aromatic hydroxyl groups is 1. The highest BCUT2D eigenvalue weighted by Gasteiger charge is 2.45. The summed E-state index contributed by atoms with van der Waals surface area (Å²) in [5.74, 6) is -0.104. The molecule has 4 fully saturated rings. The van der Waals surface area contributed by atoms with Crippen molar-refractivity contribution in [2.24, 2.45) is 5.41 Å². The molecule has 3 aromatic carbocycles. The molecule has 78 heavy (non-hydrogen) atoms. The van der Waals surface area contributed by atoms with Crippen molar-refractivity contribution < 1.29 is 29.4 Å². The molecule has 6 heterocycles. The number of aryl methyl sites for hydroxylation is 1. The van der Waals surface area contributed by atoms with Gasteiger partial charge in [-0.15, -0.1) is 21.5 Å². The molecule has 9 rings (SSSR count). The third kappa shape index (κ3) is 14.0. The number of piperazine rings is 2. The van der Waals surface area contributed by atoms with Crippen LogP contribution in [0.1, 0.15) is 114 Å². The van der Waals surface area contributed by atoms with E-state index >= 15 is 0 Å². The van der Waals surface area contributed by atoms with E-state index < -0.39 is 23.6 Å². The van der Waals surface area contributed by atoms with Crippen molar-refractivity contribution in [3.8, 4) is 27.4 Å². The number of hydrogen-bond acceptors (Lipinski definition) is 14. The first kappa shape index (κ1) is 56.3. The maximum absolute atomic E-state index is 14.1. The Balaban J connectivity index is 0.640. The lowest BCUT2D eigenvalue weighted by Crippen LogP contribution is -2.57. The number of carbonyl (C=O) groups is 4. The molecule has 4 amide bonds. The smallest absolute Gasteiger partial charge is 0.246 e. The summed E-state index contributed by atoms with van der Waals surface area (Å²) in [5, 5.41) is 35.6. The summed E-state index contributed by atoms with van der Waals surface area (Å²) in [7, 11) is 0. The van der Waals surface area contributed by atoms with Gasteiger partial charge in [-0.1, -0.05) is 107 Å². The number of hydrogen-bond donors (Lipinski definition) is 5. The van der Waals surface area contributed by atoms with Gasteiger partial charge in [0.2, 0.25) is 23.6 Å². The van der Waals surface area contributed by atoms with Gasteiger partial charge in [0, 0.05) is 102 Å². The lowest BCUT2D eigenvalue weighted by Gasteiger charge is -2.42. The number of amides is 4. The number of nitrogens with one attached hydrogen (secondary N) is 2. The Morgan fingerprint density at radius 3 is 2.15 bits per heavy atom. The summed E-state index contributed by atoms with van der Waals surface area (Å²) >= 11 is 1.58. The molecule has 4 saturated heterocycles. The molecule has 2 bridgehead atoms. The van der Waals surface area contributed by atoms with Gasteiger partial charge in [-0.3, -0.25) is 29.0 Å². The van der Waals surface area contributed by atoms with Crippen LogP contribution in [-0.2, 0) is 38.8 Å². The number of rotatable bonds is 21. The monoisotopic (exact) mass is 1080 g/mol. The highest BCUT2D eigenvalue weighted by molar-refractivity contribution is 7.13. The largest absolute Gasteiger partial charge is 0.507 e. The van der Waals surface area contributed by atoms with Crippen molar-refractivity contribution in [3.63, 3.8) is 0 Å². The Morgan fingerprint density at radius 2 is 1.47 bits per heavy atom. The minimum absolute atomic E-state index is 0.0279. The van der Waals surface area contributed by atoms with Crippen LogP contribution in [-0.4, -0.2) is 145 Å². The van der Waals surface area contributed by atoms with Crippen LogP contribution in [0.2, 0.25) is 0 Å². The van der Waals surface area contributed by atoms with Gasteiger partial charge in [0.25, 0.3) is 0 Å². The molecule has 0 aliphatic carbocycles. The molecule has 17 nitrogen and oxygen atoms in total. The Morgan fingerprint density at radius 1 is 0.795 bits per heavy atom. The molecule has 2 aromatic heterocycles. The highest BCUT2D eigenvalue weighted by Crippen LogP contribution is 2.38. The van der Waals surface area contributed by atoms with Crippen molar-refractivity contribution >= 4 is 46.5 Å². The number of unbranched alkanes of at least 4 members (excludes halogenated alkanes) is 5. The van der Waals surface area contributed by atoms with Crippen LogP contribution in [0.3, 0.4) is 0 Å². The van der Waals surface area contributed by atoms with E-state index in [4.69, 9.17) is 5.73 Å². The Kier molecular flexibility index (Phi) is 18.4. The number of aliphatic hydroxyl groups is 1. The third-order valence-electron chi connectivity index (χ3n) is 16.2. The number of thiazole rings is 1. The van der Waals surface area contributed by atoms with Crippen LogP contribution in [0, 0.1) is 12.3 Å². The van der Waals surface area contributed by atoms with Gasteiger partial charge in [0.15, 0.2) is 5.82 Å². The number of aliphatic hydroxyl groups excluding tert-OH is 1. The first-order chi connectivity index (χ1) is 37.6. The molecule has 0 radical (unpaired) electrons. The molecule has 0 spiro atoms. The zero-order valence-corrected chi connectivity index (χ0v) is 46.7.